The summed E-state index contributed by atoms with van der Waals surface area (Å²) in [4.78, 5) is 0. The maximum absolute atomic E-state index is 2.51. The molecule has 0 N–H and O–H groups in total. The molecule has 0 aliphatic heterocycles. The van der Waals surface area contributed by atoms with Crippen molar-refractivity contribution in [3.05, 3.63) is 0 Å². The third-order valence-electron chi connectivity index (χ3n) is 7.97. The topological polar surface area (TPSA) is 0 Å². The van der Waals surface area contributed by atoms with E-state index in [0.29, 0.717) is 5.41 Å². The van der Waals surface area contributed by atoms with Gasteiger partial charge in [-0.25, -0.2) is 0 Å². The maximum atomic E-state index is 2.51. The predicted octanol–water partition coefficient (Wildman–Crippen LogP) is 8.74. The molecule has 0 spiro atoms. The average molecular weight is 351 g/mol. The molecule has 1 saturated carbocycles. The van der Waals surface area contributed by atoms with Crippen molar-refractivity contribution in [1.29, 1.82) is 0 Å². The third-order valence-corrected chi connectivity index (χ3v) is 7.97. The lowest BCUT2D eigenvalue weighted by Crippen LogP contribution is -2.39. The summed E-state index contributed by atoms with van der Waals surface area (Å²) in [5, 5.41) is 0. The summed E-state index contributed by atoms with van der Waals surface area (Å²) in [6, 6.07) is 0. The van der Waals surface area contributed by atoms with Crippen LogP contribution in [-0.4, -0.2) is 0 Å². The van der Waals surface area contributed by atoms with E-state index in [0.717, 1.165) is 35.5 Å². The van der Waals surface area contributed by atoms with Crippen LogP contribution in [0.1, 0.15) is 120 Å². The molecule has 25 heavy (non-hydrogen) atoms. The smallest absolute Gasteiger partial charge is 0.0354 e. The van der Waals surface area contributed by atoms with E-state index in [2.05, 4.69) is 55.4 Å². The first-order valence-corrected chi connectivity index (χ1v) is 11.8. The van der Waals surface area contributed by atoms with Crippen LogP contribution in [-0.2, 0) is 0 Å². The number of rotatable bonds is 13. The quantitative estimate of drug-likeness (QED) is 0.311. The fraction of sp³-hybridized carbons (Fsp3) is 1.00. The molecule has 0 radical (unpaired) electrons. The summed E-state index contributed by atoms with van der Waals surface area (Å²) < 4.78 is 0. The van der Waals surface area contributed by atoms with Crippen LogP contribution < -0.4 is 0 Å². The Morgan fingerprint density at radius 1 is 0.960 bits per heavy atom. The first kappa shape index (κ1) is 23.0. The lowest BCUT2D eigenvalue weighted by molar-refractivity contribution is 0.0248. The van der Waals surface area contributed by atoms with Crippen molar-refractivity contribution in [2.75, 3.05) is 0 Å². The highest BCUT2D eigenvalue weighted by Gasteiger charge is 2.40. The van der Waals surface area contributed by atoms with Crippen LogP contribution in [0.2, 0.25) is 0 Å². The van der Waals surface area contributed by atoms with Gasteiger partial charge in [0, 0.05) is 0 Å². The lowest BCUT2D eigenvalue weighted by atomic mass is 9.58. The molecule has 0 heteroatoms. The molecule has 0 amide bonds. The Kier molecular flexibility index (Phi) is 10.1. The molecule has 1 aliphatic carbocycles. The molecule has 0 bridgehead atoms. The SMILES string of the molecule is CCCC(C)(C)CCCC(CCC1C(C)CC1C(C)CC)C(C)CC. The average Bonchev–Trinajstić information content (AvgIpc) is 2.56. The van der Waals surface area contributed by atoms with Gasteiger partial charge in [0.2, 0.25) is 0 Å². The normalized spacial score (nSPS) is 27.6. The third kappa shape index (κ3) is 7.26. The largest absolute Gasteiger partial charge is 0.0654 e. The van der Waals surface area contributed by atoms with E-state index in [1.165, 1.54) is 64.2 Å². The van der Waals surface area contributed by atoms with Gasteiger partial charge in [-0.15, -0.1) is 0 Å². The van der Waals surface area contributed by atoms with Crippen molar-refractivity contribution in [2.45, 2.75) is 120 Å². The first-order chi connectivity index (χ1) is 11.8. The van der Waals surface area contributed by atoms with Gasteiger partial charge >= 0.3 is 0 Å². The molecule has 1 aliphatic rings. The van der Waals surface area contributed by atoms with E-state index in [1.807, 2.05) is 0 Å². The van der Waals surface area contributed by atoms with Crippen molar-refractivity contribution in [3.63, 3.8) is 0 Å². The summed E-state index contributed by atoms with van der Waals surface area (Å²) in [7, 11) is 0. The Morgan fingerprint density at radius 2 is 1.64 bits per heavy atom. The van der Waals surface area contributed by atoms with Crippen LogP contribution in [0.5, 0.6) is 0 Å². The van der Waals surface area contributed by atoms with Gasteiger partial charge < -0.3 is 0 Å². The van der Waals surface area contributed by atoms with Crippen molar-refractivity contribution in [2.24, 2.45) is 40.9 Å². The fourth-order valence-electron chi connectivity index (χ4n) is 5.56. The monoisotopic (exact) mass is 350 g/mol. The minimum absolute atomic E-state index is 0.554. The van der Waals surface area contributed by atoms with Crippen LogP contribution >= 0.6 is 0 Å². The Morgan fingerprint density at radius 3 is 2.16 bits per heavy atom. The van der Waals surface area contributed by atoms with Crippen molar-refractivity contribution in [1.82, 2.24) is 0 Å². The van der Waals surface area contributed by atoms with Gasteiger partial charge in [-0.1, -0.05) is 87.5 Å². The summed E-state index contributed by atoms with van der Waals surface area (Å²) in [5.41, 5.74) is 0.554. The highest BCUT2D eigenvalue weighted by Crippen LogP contribution is 2.48. The highest BCUT2D eigenvalue weighted by molar-refractivity contribution is 4.89. The van der Waals surface area contributed by atoms with Crippen molar-refractivity contribution >= 4 is 0 Å². The Bertz CT molecular complexity index is 342. The molecule has 1 fully saturated rings. The van der Waals surface area contributed by atoms with E-state index in [4.69, 9.17) is 0 Å². The van der Waals surface area contributed by atoms with Crippen LogP contribution in [0.3, 0.4) is 0 Å². The zero-order valence-corrected chi connectivity index (χ0v) is 19.0. The summed E-state index contributed by atoms with van der Waals surface area (Å²) in [6.07, 6.45) is 14.3. The molecular weight excluding hydrogens is 300 g/mol. The molecule has 150 valence electrons. The summed E-state index contributed by atoms with van der Waals surface area (Å²) >= 11 is 0. The fourth-order valence-corrected chi connectivity index (χ4v) is 5.56. The lowest BCUT2D eigenvalue weighted by Gasteiger charge is -2.47. The van der Waals surface area contributed by atoms with Gasteiger partial charge in [-0.2, -0.15) is 0 Å². The van der Waals surface area contributed by atoms with E-state index in [1.54, 1.807) is 0 Å². The standard InChI is InChI=1S/C25H50/c1-9-16-25(7,8)17-12-13-22(19(4)10-2)14-15-23-21(6)18-24(23)20(5)11-3/h19-24H,9-18H2,1-8H3. The maximum Gasteiger partial charge on any atom is -0.0354 e. The Hall–Kier alpha value is 0. The van der Waals surface area contributed by atoms with Crippen LogP contribution in [0, 0.1) is 40.9 Å². The van der Waals surface area contributed by atoms with Gasteiger partial charge in [-0.3, -0.25) is 0 Å². The second-order valence-electron chi connectivity index (χ2n) is 10.5. The van der Waals surface area contributed by atoms with E-state index < -0.39 is 0 Å². The molecule has 0 saturated heterocycles. The van der Waals surface area contributed by atoms with E-state index in [9.17, 15) is 0 Å². The molecule has 0 heterocycles. The first-order valence-electron chi connectivity index (χ1n) is 11.8. The summed E-state index contributed by atoms with van der Waals surface area (Å²) in [6.45, 7) is 19.6. The Balaban J connectivity index is 2.48. The van der Waals surface area contributed by atoms with Crippen LogP contribution in [0.4, 0.5) is 0 Å². The second kappa shape index (κ2) is 11.0. The van der Waals surface area contributed by atoms with E-state index in [-0.39, 0.29) is 0 Å². The van der Waals surface area contributed by atoms with Gasteiger partial charge in [0.15, 0.2) is 0 Å². The van der Waals surface area contributed by atoms with Gasteiger partial charge in [0.1, 0.15) is 0 Å². The minimum atomic E-state index is 0.554. The van der Waals surface area contributed by atoms with Crippen LogP contribution in [0.15, 0.2) is 0 Å². The molecular formula is C25H50. The molecule has 0 nitrogen and oxygen atoms in total. The van der Waals surface area contributed by atoms with Gasteiger partial charge in [0.05, 0.1) is 0 Å². The zero-order valence-electron chi connectivity index (χ0n) is 19.0. The molecule has 1 rings (SSSR count). The van der Waals surface area contributed by atoms with Crippen molar-refractivity contribution in [3.8, 4) is 0 Å². The number of hydrogen-bond donors (Lipinski definition) is 0. The highest BCUT2D eigenvalue weighted by atomic mass is 14.4. The molecule has 6 atom stereocenters. The minimum Gasteiger partial charge on any atom is -0.0654 e. The molecule has 6 unspecified atom stereocenters. The number of hydrogen-bond acceptors (Lipinski definition) is 0. The van der Waals surface area contributed by atoms with E-state index >= 15 is 0 Å². The summed E-state index contributed by atoms with van der Waals surface area (Å²) in [5.74, 6) is 5.86. The van der Waals surface area contributed by atoms with Crippen molar-refractivity contribution < 1.29 is 0 Å². The van der Waals surface area contributed by atoms with Gasteiger partial charge in [-0.05, 0) is 73.0 Å². The van der Waals surface area contributed by atoms with Crippen LogP contribution in [0.25, 0.3) is 0 Å². The molecule has 0 aromatic heterocycles. The molecule has 0 aromatic carbocycles. The second-order valence-corrected chi connectivity index (χ2v) is 10.5. The van der Waals surface area contributed by atoms with Gasteiger partial charge in [0.25, 0.3) is 0 Å². The Labute approximate surface area is 160 Å². The predicted molar refractivity (Wildman–Crippen MR) is 115 cm³/mol. The zero-order chi connectivity index (χ0) is 19.0. The molecule has 0 aromatic rings.